The Hall–Kier alpha value is -3.00. The second-order valence-corrected chi connectivity index (χ2v) is 8.22. The standard InChI is InChI=1S/C20H20N2O5S/c1-25-15-7-10-18(26-2)17(11-15)22-28(23,24)16-8-5-13(6-9-16)19-12-21-20(27-19)14-3-4-14/h5-12,14,22H,3-4H2,1-2H3. The summed E-state index contributed by atoms with van der Waals surface area (Å²) in [5.41, 5.74) is 1.08. The van der Waals surface area contributed by atoms with E-state index in [9.17, 15) is 8.42 Å². The molecule has 146 valence electrons. The van der Waals surface area contributed by atoms with Gasteiger partial charge in [-0.2, -0.15) is 0 Å². The molecule has 0 unspecified atom stereocenters. The number of nitrogens with zero attached hydrogens (tertiary/aromatic N) is 1. The van der Waals surface area contributed by atoms with Crippen molar-refractivity contribution in [3.63, 3.8) is 0 Å². The van der Waals surface area contributed by atoms with Gasteiger partial charge in [0, 0.05) is 17.5 Å². The van der Waals surface area contributed by atoms with Crippen molar-refractivity contribution >= 4 is 15.7 Å². The molecule has 4 rings (SSSR count). The normalized spacial score (nSPS) is 13.9. The van der Waals surface area contributed by atoms with Crippen LogP contribution in [-0.2, 0) is 10.0 Å². The van der Waals surface area contributed by atoms with E-state index in [0.717, 1.165) is 24.3 Å². The second kappa shape index (κ2) is 7.20. The summed E-state index contributed by atoms with van der Waals surface area (Å²) in [6.07, 6.45) is 3.89. The van der Waals surface area contributed by atoms with Crippen LogP contribution in [-0.4, -0.2) is 27.6 Å². The number of oxazole rings is 1. The molecule has 1 saturated carbocycles. The van der Waals surface area contributed by atoms with Gasteiger partial charge >= 0.3 is 0 Å². The molecule has 8 heteroatoms. The minimum Gasteiger partial charge on any atom is -0.497 e. The molecule has 3 aromatic rings. The third kappa shape index (κ3) is 3.68. The van der Waals surface area contributed by atoms with E-state index in [1.807, 2.05) is 0 Å². The molecule has 1 fully saturated rings. The van der Waals surface area contributed by atoms with Crippen LogP contribution in [0.1, 0.15) is 24.7 Å². The zero-order valence-corrected chi connectivity index (χ0v) is 16.3. The molecule has 1 aliphatic carbocycles. The van der Waals surface area contributed by atoms with E-state index in [-0.39, 0.29) is 4.90 Å². The van der Waals surface area contributed by atoms with Crippen molar-refractivity contribution in [2.24, 2.45) is 0 Å². The first kappa shape index (κ1) is 18.4. The number of methoxy groups -OCH3 is 2. The Bertz CT molecular complexity index is 1090. The molecule has 0 saturated heterocycles. The van der Waals surface area contributed by atoms with Crippen molar-refractivity contribution in [1.82, 2.24) is 4.98 Å². The highest BCUT2D eigenvalue weighted by Crippen LogP contribution is 2.40. The summed E-state index contributed by atoms with van der Waals surface area (Å²) in [6, 6.07) is 11.4. The topological polar surface area (TPSA) is 90.7 Å². The number of aromatic nitrogens is 1. The van der Waals surface area contributed by atoms with Gasteiger partial charge in [-0.15, -0.1) is 0 Å². The minimum atomic E-state index is -3.80. The van der Waals surface area contributed by atoms with E-state index in [1.165, 1.54) is 26.4 Å². The van der Waals surface area contributed by atoms with Crippen molar-refractivity contribution in [1.29, 1.82) is 0 Å². The van der Waals surface area contributed by atoms with E-state index in [0.29, 0.717) is 28.9 Å². The fraction of sp³-hybridized carbons (Fsp3) is 0.250. The van der Waals surface area contributed by atoms with Crippen molar-refractivity contribution in [2.75, 3.05) is 18.9 Å². The molecule has 28 heavy (non-hydrogen) atoms. The summed E-state index contributed by atoms with van der Waals surface area (Å²) >= 11 is 0. The maximum absolute atomic E-state index is 12.8. The number of hydrogen-bond acceptors (Lipinski definition) is 6. The molecule has 0 bridgehead atoms. The van der Waals surface area contributed by atoms with Crippen LogP contribution in [0.4, 0.5) is 5.69 Å². The molecule has 0 amide bonds. The molecule has 1 aliphatic rings. The van der Waals surface area contributed by atoms with Crippen molar-refractivity contribution in [3.8, 4) is 22.8 Å². The van der Waals surface area contributed by atoms with Gasteiger partial charge in [0.2, 0.25) is 0 Å². The van der Waals surface area contributed by atoms with E-state index in [1.54, 1.807) is 36.5 Å². The highest BCUT2D eigenvalue weighted by Gasteiger charge is 2.28. The average molecular weight is 400 g/mol. The van der Waals surface area contributed by atoms with Crippen molar-refractivity contribution in [2.45, 2.75) is 23.7 Å². The van der Waals surface area contributed by atoms with Gasteiger partial charge in [0.1, 0.15) is 11.5 Å². The van der Waals surface area contributed by atoms with Crippen LogP contribution >= 0.6 is 0 Å². The monoisotopic (exact) mass is 400 g/mol. The van der Waals surface area contributed by atoms with Crippen LogP contribution in [0.25, 0.3) is 11.3 Å². The molecular weight excluding hydrogens is 380 g/mol. The van der Waals surface area contributed by atoms with Crippen LogP contribution in [0.2, 0.25) is 0 Å². The number of anilines is 1. The lowest BCUT2D eigenvalue weighted by Crippen LogP contribution is -2.13. The average Bonchev–Trinajstić information content (AvgIpc) is 3.44. The highest BCUT2D eigenvalue weighted by molar-refractivity contribution is 7.92. The summed E-state index contributed by atoms with van der Waals surface area (Å²) < 4.78 is 44.2. The molecule has 0 atom stereocenters. The Morgan fingerprint density at radius 1 is 1.07 bits per heavy atom. The van der Waals surface area contributed by atoms with Gasteiger partial charge in [-0.05, 0) is 49.2 Å². The SMILES string of the molecule is COc1ccc(OC)c(NS(=O)(=O)c2ccc(-c3cnc(C4CC4)o3)cc2)c1. The largest absolute Gasteiger partial charge is 0.497 e. The van der Waals surface area contributed by atoms with Gasteiger partial charge in [0.05, 0.1) is 31.0 Å². The van der Waals surface area contributed by atoms with E-state index < -0.39 is 10.0 Å². The summed E-state index contributed by atoms with van der Waals surface area (Å²) in [7, 11) is -0.815. The van der Waals surface area contributed by atoms with Crippen LogP contribution in [0, 0.1) is 0 Å². The first-order valence-corrected chi connectivity index (χ1v) is 10.3. The lowest BCUT2D eigenvalue weighted by Gasteiger charge is -2.13. The number of hydrogen-bond donors (Lipinski definition) is 1. The molecule has 1 aromatic heterocycles. The van der Waals surface area contributed by atoms with Crippen LogP contribution in [0.5, 0.6) is 11.5 Å². The van der Waals surface area contributed by atoms with Crippen LogP contribution in [0.15, 0.2) is 58.0 Å². The van der Waals surface area contributed by atoms with Gasteiger partial charge < -0.3 is 13.9 Å². The Kier molecular flexibility index (Phi) is 4.72. The third-order valence-corrected chi connectivity index (χ3v) is 5.93. The summed E-state index contributed by atoms with van der Waals surface area (Å²) in [5.74, 6) is 2.73. The lowest BCUT2D eigenvalue weighted by molar-refractivity contribution is 0.405. The predicted octanol–water partition coefficient (Wildman–Crippen LogP) is 4.04. The second-order valence-electron chi connectivity index (χ2n) is 6.53. The van der Waals surface area contributed by atoms with Crippen molar-refractivity contribution < 1.29 is 22.3 Å². The fourth-order valence-electron chi connectivity index (χ4n) is 2.84. The maximum Gasteiger partial charge on any atom is 0.262 e. The smallest absolute Gasteiger partial charge is 0.262 e. The third-order valence-electron chi connectivity index (χ3n) is 4.55. The highest BCUT2D eigenvalue weighted by atomic mass is 32.2. The Morgan fingerprint density at radius 3 is 2.46 bits per heavy atom. The van der Waals surface area contributed by atoms with E-state index in [2.05, 4.69) is 9.71 Å². The number of ether oxygens (including phenoxy) is 2. The molecular formula is C20H20N2O5S. The van der Waals surface area contributed by atoms with E-state index in [4.69, 9.17) is 13.9 Å². The van der Waals surface area contributed by atoms with Gasteiger partial charge in [0.15, 0.2) is 11.7 Å². The molecule has 0 spiro atoms. The van der Waals surface area contributed by atoms with Gasteiger partial charge in [-0.1, -0.05) is 0 Å². The molecule has 1 heterocycles. The van der Waals surface area contributed by atoms with Gasteiger partial charge in [0.25, 0.3) is 10.0 Å². The quantitative estimate of drug-likeness (QED) is 0.644. The molecule has 0 radical (unpaired) electrons. The van der Waals surface area contributed by atoms with Crippen molar-refractivity contribution in [3.05, 3.63) is 54.6 Å². The fourth-order valence-corrected chi connectivity index (χ4v) is 3.90. The maximum atomic E-state index is 12.8. The number of rotatable bonds is 7. The number of nitrogens with one attached hydrogen (secondary N) is 1. The molecule has 2 aromatic carbocycles. The Labute approximate surface area is 163 Å². The molecule has 7 nitrogen and oxygen atoms in total. The first-order valence-electron chi connectivity index (χ1n) is 8.81. The van der Waals surface area contributed by atoms with E-state index >= 15 is 0 Å². The zero-order chi connectivity index (χ0) is 19.7. The summed E-state index contributed by atoms with van der Waals surface area (Å²) in [5, 5.41) is 0. The van der Waals surface area contributed by atoms with Crippen LogP contribution in [0.3, 0.4) is 0 Å². The zero-order valence-electron chi connectivity index (χ0n) is 15.5. The number of benzene rings is 2. The molecule has 1 N–H and O–H groups in total. The first-order chi connectivity index (χ1) is 13.5. The minimum absolute atomic E-state index is 0.128. The van der Waals surface area contributed by atoms with Gasteiger partial charge in [-0.3, -0.25) is 4.72 Å². The van der Waals surface area contributed by atoms with Crippen LogP contribution < -0.4 is 14.2 Å². The summed E-state index contributed by atoms with van der Waals surface area (Å²) in [4.78, 5) is 4.42. The predicted molar refractivity (Wildman–Crippen MR) is 104 cm³/mol. The number of sulfonamides is 1. The Balaban J connectivity index is 1.57. The Morgan fingerprint density at radius 2 is 1.82 bits per heavy atom. The lowest BCUT2D eigenvalue weighted by atomic mass is 10.2. The summed E-state index contributed by atoms with van der Waals surface area (Å²) in [6.45, 7) is 0. The molecule has 0 aliphatic heterocycles. The van der Waals surface area contributed by atoms with Gasteiger partial charge in [-0.25, -0.2) is 13.4 Å².